The summed E-state index contributed by atoms with van der Waals surface area (Å²) in [5.41, 5.74) is 5.37. The predicted molar refractivity (Wildman–Crippen MR) is 123 cm³/mol. The van der Waals surface area contributed by atoms with Crippen molar-refractivity contribution in [3.63, 3.8) is 0 Å². The van der Waals surface area contributed by atoms with Gasteiger partial charge in [-0.15, -0.1) is 0 Å². The average Bonchev–Trinajstić information content (AvgIpc) is 2.81. The van der Waals surface area contributed by atoms with Crippen molar-refractivity contribution in [3.05, 3.63) is 64.5 Å². The van der Waals surface area contributed by atoms with Crippen LogP contribution in [0.2, 0.25) is 0 Å². The van der Waals surface area contributed by atoms with Gasteiger partial charge in [0, 0.05) is 36.9 Å². The molecular formula is C24H28BrN3O2. The number of aromatic nitrogens is 1. The third-order valence-corrected chi connectivity index (χ3v) is 6.16. The van der Waals surface area contributed by atoms with Gasteiger partial charge in [0.15, 0.2) is 0 Å². The van der Waals surface area contributed by atoms with Crippen LogP contribution in [0.1, 0.15) is 54.8 Å². The lowest BCUT2D eigenvalue weighted by Crippen LogP contribution is -2.51. The number of piperazine rings is 1. The van der Waals surface area contributed by atoms with Crippen LogP contribution < -0.4 is 0 Å². The van der Waals surface area contributed by atoms with Crippen molar-refractivity contribution in [3.8, 4) is 0 Å². The SMILES string of the molecule is Cc1ccc2c(c1)C(Br)=Cc1cccnc1[C@@H]2N1CCN(C(=O)OC(C)(C)C)CC1. The summed E-state index contributed by atoms with van der Waals surface area (Å²) in [7, 11) is 0. The highest BCUT2D eigenvalue weighted by Crippen LogP contribution is 2.41. The first-order chi connectivity index (χ1) is 14.2. The van der Waals surface area contributed by atoms with E-state index in [4.69, 9.17) is 9.72 Å². The van der Waals surface area contributed by atoms with Gasteiger partial charge in [0.05, 0.1) is 11.7 Å². The van der Waals surface area contributed by atoms with Crippen molar-refractivity contribution in [1.82, 2.24) is 14.8 Å². The molecule has 158 valence electrons. The molecule has 1 aliphatic carbocycles. The first kappa shape index (κ1) is 21.1. The lowest BCUT2D eigenvalue weighted by atomic mass is 9.94. The summed E-state index contributed by atoms with van der Waals surface area (Å²) >= 11 is 3.79. The minimum Gasteiger partial charge on any atom is -0.444 e. The number of ether oxygens (including phenoxy) is 1. The van der Waals surface area contributed by atoms with Crippen LogP contribution in [-0.4, -0.2) is 52.7 Å². The molecule has 2 heterocycles. The summed E-state index contributed by atoms with van der Waals surface area (Å²) in [5.74, 6) is 0. The van der Waals surface area contributed by atoms with Gasteiger partial charge in [0.2, 0.25) is 0 Å². The van der Waals surface area contributed by atoms with Crippen molar-refractivity contribution in [1.29, 1.82) is 0 Å². The first-order valence-corrected chi connectivity index (χ1v) is 11.2. The molecule has 1 atom stereocenters. The average molecular weight is 470 g/mol. The quantitative estimate of drug-likeness (QED) is 0.572. The second-order valence-electron chi connectivity index (χ2n) is 8.97. The van der Waals surface area contributed by atoms with Crippen LogP contribution in [0.3, 0.4) is 0 Å². The minimum atomic E-state index is -0.479. The third kappa shape index (κ3) is 4.30. The van der Waals surface area contributed by atoms with Gasteiger partial charge in [-0.05, 0) is 56.5 Å². The molecule has 1 aliphatic heterocycles. The predicted octanol–water partition coefficient (Wildman–Crippen LogP) is 5.24. The van der Waals surface area contributed by atoms with Crippen LogP contribution in [0.25, 0.3) is 10.6 Å². The van der Waals surface area contributed by atoms with Gasteiger partial charge in [-0.2, -0.15) is 0 Å². The summed E-state index contributed by atoms with van der Waals surface area (Å²) in [4.78, 5) is 21.5. The molecule has 1 saturated heterocycles. The molecule has 0 saturated carbocycles. The number of fused-ring (bicyclic) bond motifs is 2. The molecular weight excluding hydrogens is 442 g/mol. The summed E-state index contributed by atoms with van der Waals surface area (Å²) in [5, 5.41) is 0. The topological polar surface area (TPSA) is 45.7 Å². The maximum Gasteiger partial charge on any atom is 0.410 e. The molecule has 6 heteroatoms. The van der Waals surface area contributed by atoms with Crippen molar-refractivity contribution in [2.24, 2.45) is 0 Å². The fourth-order valence-corrected chi connectivity index (χ4v) is 4.71. The van der Waals surface area contributed by atoms with Crippen LogP contribution in [0, 0.1) is 6.92 Å². The molecule has 1 aromatic heterocycles. The Morgan fingerprint density at radius 1 is 1.17 bits per heavy atom. The number of rotatable bonds is 1. The van der Waals surface area contributed by atoms with Gasteiger partial charge in [0.25, 0.3) is 0 Å². The van der Waals surface area contributed by atoms with Crippen molar-refractivity contribution in [2.75, 3.05) is 26.2 Å². The van der Waals surface area contributed by atoms with Crippen LogP contribution in [0.15, 0.2) is 36.5 Å². The highest BCUT2D eigenvalue weighted by molar-refractivity contribution is 9.15. The Morgan fingerprint density at radius 2 is 1.90 bits per heavy atom. The number of hydrogen-bond donors (Lipinski definition) is 0. The molecule has 0 N–H and O–H groups in total. The molecule has 1 aromatic carbocycles. The Hall–Kier alpha value is -2.18. The normalized spacial score (nSPS) is 19.4. The number of benzene rings is 1. The number of hydrogen-bond acceptors (Lipinski definition) is 4. The number of pyridine rings is 1. The van der Waals surface area contributed by atoms with Gasteiger partial charge >= 0.3 is 6.09 Å². The van der Waals surface area contributed by atoms with E-state index < -0.39 is 5.60 Å². The Bertz CT molecular complexity index is 988. The molecule has 1 amide bonds. The highest BCUT2D eigenvalue weighted by atomic mass is 79.9. The van der Waals surface area contributed by atoms with Gasteiger partial charge in [0.1, 0.15) is 5.60 Å². The van der Waals surface area contributed by atoms with E-state index in [-0.39, 0.29) is 12.1 Å². The maximum absolute atomic E-state index is 12.5. The van der Waals surface area contributed by atoms with E-state index in [0.717, 1.165) is 28.8 Å². The lowest BCUT2D eigenvalue weighted by Gasteiger charge is -2.40. The van der Waals surface area contributed by atoms with Gasteiger partial charge in [-0.25, -0.2) is 4.79 Å². The maximum atomic E-state index is 12.5. The van der Waals surface area contributed by atoms with Gasteiger partial charge in [-0.3, -0.25) is 9.88 Å². The molecule has 4 rings (SSSR count). The molecule has 1 fully saturated rings. The molecule has 0 bridgehead atoms. The summed E-state index contributed by atoms with van der Waals surface area (Å²) in [6.45, 7) is 10.6. The highest BCUT2D eigenvalue weighted by Gasteiger charge is 2.34. The summed E-state index contributed by atoms with van der Waals surface area (Å²) < 4.78 is 6.63. The van der Waals surface area contributed by atoms with Crippen molar-refractivity contribution in [2.45, 2.75) is 39.3 Å². The van der Waals surface area contributed by atoms with Crippen LogP contribution in [-0.2, 0) is 4.74 Å². The number of aryl methyl sites for hydroxylation is 1. The molecule has 5 nitrogen and oxygen atoms in total. The van der Waals surface area contributed by atoms with E-state index in [2.05, 4.69) is 58.1 Å². The molecule has 30 heavy (non-hydrogen) atoms. The molecule has 0 unspecified atom stereocenters. The Labute approximate surface area is 186 Å². The standard InChI is InChI=1S/C24H28BrN3O2/c1-16-7-8-18-19(14-16)20(25)15-17-6-5-9-26-21(17)22(18)27-10-12-28(13-11-27)23(29)30-24(2,3)4/h5-9,14-15,22H,10-13H2,1-4H3/t22-/m1/s1. The largest absolute Gasteiger partial charge is 0.444 e. The molecule has 2 aromatic rings. The Morgan fingerprint density at radius 3 is 2.60 bits per heavy atom. The first-order valence-electron chi connectivity index (χ1n) is 10.4. The van der Waals surface area contributed by atoms with E-state index in [9.17, 15) is 4.79 Å². The number of nitrogens with zero attached hydrogens (tertiary/aromatic N) is 3. The second kappa shape index (κ2) is 8.16. The monoisotopic (exact) mass is 469 g/mol. The number of carbonyl (C=O) groups is 1. The zero-order valence-corrected chi connectivity index (χ0v) is 19.6. The van der Waals surface area contributed by atoms with E-state index in [0.29, 0.717) is 13.1 Å². The van der Waals surface area contributed by atoms with E-state index in [1.165, 1.54) is 16.7 Å². The smallest absolute Gasteiger partial charge is 0.410 e. The lowest BCUT2D eigenvalue weighted by molar-refractivity contribution is 0.0118. The molecule has 2 aliphatic rings. The second-order valence-corrected chi connectivity index (χ2v) is 9.82. The van der Waals surface area contributed by atoms with Crippen LogP contribution in [0.5, 0.6) is 0 Å². The summed E-state index contributed by atoms with van der Waals surface area (Å²) in [6, 6.07) is 10.8. The Kier molecular flexibility index (Phi) is 5.73. The van der Waals surface area contributed by atoms with E-state index >= 15 is 0 Å². The fourth-order valence-electron chi connectivity index (χ4n) is 4.12. The van der Waals surface area contributed by atoms with Crippen molar-refractivity contribution < 1.29 is 9.53 Å². The van der Waals surface area contributed by atoms with E-state index in [1.54, 1.807) is 0 Å². The van der Waals surface area contributed by atoms with Crippen molar-refractivity contribution >= 4 is 32.6 Å². The zero-order chi connectivity index (χ0) is 21.5. The van der Waals surface area contributed by atoms with Gasteiger partial charge < -0.3 is 9.64 Å². The molecule has 0 radical (unpaired) electrons. The molecule has 0 spiro atoms. The number of amides is 1. The number of carbonyl (C=O) groups excluding carboxylic acids is 1. The number of halogens is 1. The van der Waals surface area contributed by atoms with E-state index in [1.807, 2.05) is 37.9 Å². The third-order valence-electron chi connectivity index (χ3n) is 5.50. The zero-order valence-electron chi connectivity index (χ0n) is 18.0. The summed E-state index contributed by atoms with van der Waals surface area (Å²) in [6.07, 6.45) is 3.79. The van der Waals surface area contributed by atoms with Gasteiger partial charge in [-0.1, -0.05) is 45.8 Å². The van der Waals surface area contributed by atoms with Crippen LogP contribution in [0.4, 0.5) is 4.79 Å². The van der Waals surface area contributed by atoms with Crippen LogP contribution >= 0.6 is 15.9 Å². The Balaban J connectivity index is 1.64. The fraction of sp³-hybridized carbons (Fsp3) is 0.417. The minimum absolute atomic E-state index is 0.0453.